The number of terminal acetylenes is 1. The smallest absolute Gasteiger partial charge is 0.273 e. The van der Waals surface area contributed by atoms with E-state index in [0.717, 1.165) is 11.3 Å². The molecule has 0 saturated heterocycles. The lowest BCUT2D eigenvalue weighted by atomic mass is 10.3. The summed E-state index contributed by atoms with van der Waals surface area (Å²) in [6, 6.07) is 9.67. The van der Waals surface area contributed by atoms with E-state index in [9.17, 15) is 13.2 Å². The number of nitrogens with zero attached hydrogens (tertiary/aromatic N) is 1. The van der Waals surface area contributed by atoms with E-state index in [0.29, 0.717) is 11.4 Å². The number of benzene rings is 1. The molecule has 0 unspecified atom stereocenters. The second kappa shape index (κ2) is 7.86. The minimum atomic E-state index is -3.57. The summed E-state index contributed by atoms with van der Waals surface area (Å²) in [5, 5.41) is 4.19. The van der Waals surface area contributed by atoms with Crippen molar-refractivity contribution in [1.82, 2.24) is 5.32 Å². The number of ether oxygens (including phenoxy) is 1. The van der Waals surface area contributed by atoms with Crippen LogP contribution >= 0.6 is 11.3 Å². The molecular weight excluding hydrogens is 348 g/mol. The Morgan fingerprint density at radius 1 is 1.33 bits per heavy atom. The van der Waals surface area contributed by atoms with Crippen LogP contribution < -0.4 is 14.4 Å². The Kier molecular flexibility index (Phi) is 5.84. The number of nitrogens with one attached hydrogen (secondary N) is 1. The third-order valence-electron chi connectivity index (χ3n) is 3.07. The minimum Gasteiger partial charge on any atom is -0.484 e. The summed E-state index contributed by atoms with van der Waals surface area (Å²) in [5.41, 5.74) is 0.493. The summed E-state index contributed by atoms with van der Waals surface area (Å²) in [4.78, 5) is 11.4. The number of sulfonamides is 1. The van der Waals surface area contributed by atoms with Gasteiger partial charge in [0.2, 0.25) is 0 Å². The zero-order valence-electron chi connectivity index (χ0n) is 12.9. The molecule has 1 amide bonds. The van der Waals surface area contributed by atoms with Gasteiger partial charge in [0.25, 0.3) is 15.9 Å². The standard InChI is InChI=1S/C16H16N2O4S2/c1-3-10-17-15(19)12-22-14-8-6-13(7-9-14)18(2)24(20,21)16-5-4-11-23-16/h1,4-9,11H,10,12H2,2H3,(H,17,19). The van der Waals surface area contributed by atoms with E-state index in [1.165, 1.54) is 11.4 Å². The molecule has 1 heterocycles. The monoisotopic (exact) mass is 364 g/mol. The first-order valence-corrected chi connectivity index (χ1v) is 9.22. The van der Waals surface area contributed by atoms with Crippen molar-refractivity contribution >= 4 is 33.0 Å². The Labute approximate surface area is 145 Å². The summed E-state index contributed by atoms with van der Waals surface area (Å²) in [7, 11) is -2.09. The van der Waals surface area contributed by atoms with E-state index < -0.39 is 10.0 Å². The van der Waals surface area contributed by atoms with Gasteiger partial charge in [0, 0.05) is 7.05 Å². The number of rotatable bonds is 7. The van der Waals surface area contributed by atoms with Crippen LogP contribution in [0.1, 0.15) is 0 Å². The molecule has 24 heavy (non-hydrogen) atoms. The van der Waals surface area contributed by atoms with Crippen LogP contribution in [0.25, 0.3) is 0 Å². The Morgan fingerprint density at radius 2 is 2.04 bits per heavy atom. The molecular formula is C16H16N2O4S2. The normalized spacial score (nSPS) is 10.7. The van der Waals surface area contributed by atoms with Gasteiger partial charge in [0.15, 0.2) is 6.61 Å². The van der Waals surface area contributed by atoms with Crippen molar-refractivity contribution in [3.8, 4) is 18.1 Å². The number of hydrogen-bond donors (Lipinski definition) is 1. The third kappa shape index (κ3) is 4.28. The van der Waals surface area contributed by atoms with Crippen molar-refractivity contribution < 1.29 is 17.9 Å². The summed E-state index contributed by atoms with van der Waals surface area (Å²) >= 11 is 1.16. The van der Waals surface area contributed by atoms with Gasteiger partial charge in [0.05, 0.1) is 12.2 Å². The SMILES string of the molecule is C#CCNC(=O)COc1ccc(N(C)S(=O)(=O)c2cccs2)cc1. The highest BCUT2D eigenvalue weighted by atomic mass is 32.2. The molecule has 1 aromatic heterocycles. The maximum Gasteiger partial charge on any atom is 0.273 e. The van der Waals surface area contributed by atoms with Crippen LogP contribution in [0.3, 0.4) is 0 Å². The molecule has 0 fully saturated rings. The first-order chi connectivity index (χ1) is 11.4. The van der Waals surface area contributed by atoms with Gasteiger partial charge in [-0.25, -0.2) is 8.42 Å². The fourth-order valence-corrected chi connectivity index (χ4v) is 4.14. The van der Waals surface area contributed by atoms with Crippen LogP contribution in [0.5, 0.6) is 5.75 Å². The van der Waals surface area contributed by atoms with Gasteiger partial charge >= 0.3 is 0 Å². The first-order valence-electron chi connectivity index (χ1n) is 6.90. The fourth-order valence-electron chi connectivity index (χ4n) is 1.79. The summed E-state index contributed by atoms with van der Waals surface area (Å²) < 4.78 is 31.6. The average molecular weight is 364 g/mol. The molecule has 0 atom stereocenters. The molecule has 0 saturated carbocycles. The van der Waals surface area contributed by atoms with Gasteiger partial charge in [-0.3, -0.25) is 9.10 Å². The molecule has 126 valence electrons. The molecule has 0 bridgehead atoms. The molecule has 2 rings (SSSR count). The minimum absolute atomic E-state index is 0.145. The number of anilines is 1. The topological polar surface area (TPSA) is 75.7 Å². The van der Waals surface area contributed by atoms with Crippen LogP contribution in [0.2, 0.25) is 0 Å². The second-order valence-electron chi connectivity index (χ2n) is 4.67. The molecule has 0 aliphatic rings. The quantitative estimate of drug-likeness (QED) is 0.759. The highest BCUT2D eigenvalue weighted by molar-refractivity contribution is 7.94. The van der Waals surface area contributed by atoms with Crippen LogP contribution in [-0.4, -0.2) is 34.5 Å². The van der Waals surface area contributed by atoms with Crippen molar-refractivity contribution in [2.75, 3.05) is 24.5 Å². The largest absolute Gasteiger partial charge is 0.484 e. The Morgan fingerprint density at radius 3 is 2.62 bits per heavy atom. The van der Waals surface area contributed by atoms with E-state index in [4.69, 9.17) is 11.2 Å². The van der Waals surface area contributed by atoms with E-state index in [2.05, 4.69) is 11.2 Å². The van der Waals surface area contributed by atoms with E-state index in [1.807, 2.05) is 0 Å². The van der Waals surface area contributed by atoms with Gasteiger partial charge in [-0.05, 0) is 35.7 Å². The molecule has 8 heteroatoms. The molecule has 0 spiro atoms. The number of amides is 1. The van der Waals surface area contributed by atoms with Gasteiger partial charge in [-0.1, -0.05) is 12.0 Å². The number of hydrogen-bond acceptors (Lipinski definition) is 5. The molecule has 2 aromatic rings. The predicted molar refractivity (Wildman–Crippen MR) is 93.7 cm³/mol. The lowest BCUT2D eigenvalue weighted by Gasteiger charge is -2.18. The molecule has 0 aliphatic heterocycles. The predicted octanol–water partition coefficient (Wildman–Crippen LogP) is 1.70. The highest BCUT2D eigenvalue weighted by Gasteiger charge is 2.22. The number of thiophene rings is 1. The first kappa shape index (κ1) is 17.8. The number of carbonyl (C=O) groups excluding carboxylic acids is 1. The van der Waals surface area contributed by atoms with Crippen molar-refractivity contribution in [1.29, 1.82) is 0 Å². The lowest BCUT2D eigenvalue weighted by Crippen LogP contribution is -2.29. The maximum atomic E-state index is 12.4. The molecule has 1 aromatic carbocycles. The third-order valence-corrected chi connectivity index (χ3v) is 6.23. The van der Waals surface area contributed by atoms with E-state index >= 15 is 0 Å². The van der Waals surface area contributed by atoms with Crippen LogP contribution in [0, 0.1) is 12.3 Å². The van der Waals surface area contributed by atoms with Crippen molar-refractivity contribution in [3.63, 3.8) is 0 Å². The van der Waals surface area contributed by atoms with E-state index in [-0.39, 0.29) is 23.3 Å². The zero-order valence-corrected chi connectivity index (χ0v) is 14.6. The van der Waals surface area contributed by atoms with E-state index in [1.54, 1.807) is 41.8 Å². The van der Waals surface area contributed by atoms with Crippen LogP contribution in [0.15, 0.2) is 46.0 Å². The van der Waals surface area contributed by atoms with Crippen molar-refractivity contribution in [2.24, 2.45) is 0 Å². The van der Waals surface area contributed by atoms with Gasteiger partial charge in [0.1, 0.15) is 9.96 Å². The Bertz CT molecular complexity index is 822. The maximum absolute atomic E-state index is 12.4. The highest BCUT2D eigenvalue weighted by Crippen LogP contribution is 2.26. The average Bonchev–Trinajstić information content (AvgIpc) is 3.13. The molecule has 6 nitrogen and oxygen atoms in total. The molecule has 0 aliphatic carbocycles. The van der Waals surface area contributed by atoms with Gasteiger partial charge < -0.3 is 10.1 Å². The zero-order chi connectivity index (χ0) is 17.6. The Balaban J connectivity index is 2.02. The molecule has 0 radical (unpaired) electrons. The van der Waals surface area contributed by atoms with Crippen LogP contribution in [0.4, 0.5) is 5.69 Å². The summed E-state index contributed by atoms with van der Waals surface area (Å²) in [6.07, 6.45) is 5.04. The second-order valence-corrected chi connectivity index (χ2v) is 7.81. The summed E-state index contributed by atoms with van der Waals surface area (Å²) in [5.74, 6) is 2.42. The fraction of sp³-hybridized carbons (Fsp3) is 0.188. The lowest BCUT2D eigenvalue weighted by molar-refractivity contribution is -0.122. The Hall–Kier alpha value is -2.50. The van der Waals surface area contributed by atoms with Gasteiger partial charge in [-0.15, -0.1) is 17.8 Å². The summed E-state index contributed by atoms with van der Waals surface area (Å²) in [6.45, 7) is -0.0170. The van der Waals surface area contributed by atoms with Crippen molar-refractivity contribution in [2.45, 2.75) is 4.21 Å². The van der Waals surface area contributed by atoms with Crippen molar-refractivity contribution in [3.05, 3.63) is 41.8 Å². The number of carbonyl (C=O) groups is 1. The van der Waals surface area contributed by atoms with Gasteiger partial charge in [-0.2, -0.15) is 0 Å². The van der Waals surface area contributed by atoms with Crippen LogP contribution in [-0.2, 0) is 14.8 Å². The molecule has 1 N–H and O–H groups in total.